The normalized spacial score (nSPS) is 18.3. The molecule has 2 aromatic carbocycles. The molecule has 3 rings (SSSR count). The largest absolute Gasteiger partial charge is 0.322 e. The van der Waals surface area contributed by atoms with Crippen molar-refractivity contribution in [3.8, 4) is 0 Å². The number of anilines is 1. The van der Waals surface area contributed by atoms with Gasteiger partial charge < -0.3 is 5.32 Å². The molecule has 0 saturated carbocycles. The molecule has 1 heterocycles. The summed E-state index contributed by atoms with van der Waals surface area (Å²) >= 11 is 3.22. The van der Waals surface area contributed by atoms with Crippen molar-refractivity contribution in [3.05, 3.63) is 58.3 Å². The summed E-state index contributed by atoms with van der Waals surface area (Å²) in [6, 6.07) is 9.86. The van der Waals surface area contributed by atoms with Gasteiger partial charge in [0.15, 0.2) is 0 Å². The first-order valence-electron chi connectivity index (χ1n) is 8.64. The van der Waals surface area contributed by atoms with Gasteiger partial charge in [-0.1, -0.05) is 6.92 Å². The molecule has 0 radical (unpaired) electrons. The summed E-state index contributed by atoms with van der Waals surface area (Å²) in [6.45, 7) is 3.10. The summed E-state index contributed by atoms with van der Waals surface area (Å²) in [4.78, 5) is 12.5. The van der Waals surface area contributed by atoms with E-state index in [0.29, 0.717) is 29.2 Å². The Morgan fingerprint density at radius 3 is 2.59 bits per heavy atom. The maximum atomic E-state index is 13.4. The van der Waals surface area contributed by atoms with E-state index in [2.05, 4.69) is 21.2 Å². The highest BCUT2D eigenvalue weighted by molar-refractivity contribution is 9.10. The van der Waals surface area contributed by atoms with Gasteiger partial charge in [-0.25, -0.2) is 12.8 Å². The lowest BCUT2D eigenvalue weighted by Gasteiger charge is -2.30. The number of piperidine rings is 1. The van der Waals surface area contributed by atoms with E-state index in [1.165, 1.54) is 40.7 Å². The molecule has 1 unspecified atom stereocenters. The van der Waals surface area contributed by atoms with E-state index in [9.17, 15) is 17.6 Å². The van der Waals surface area contributed by atoms with Gasteiger partial charge in [-0.3, -0.25) is 4.79 Å². The van der Waals surface area contributed by atoms with Crippen molar-refractivity contribution in [2.45, 2.75) is 24.7 Å². The van der Waals surface area contributed by atoms with E-state index in [1.54, 1.807) is 0 Å². The molecule has 1 fully saturated rings. The molecular weight excluding hydrogens is 435 g/mol. The lowest BCUT2D eigenvalue weighted by molar-refractivity contribution is 0.102. The van der Waals surface area contributed by atoms with Crippen LogP contribution in [0.3, 0.4) is 0 Å². The maximum Gasteiger partial charge on any atom is 0.256 e. The molecule has 0 bridgehead atoms. The van der Waals surface area contributed by atoms with E-state index in [1.807, 2.05) is 6.92 Å². The van der Waals surface area contributed by atoms with Gasteiger partial charge in [-0.15, -0.1) is 0 Å². The predicted molar refractivity (Wildman–Crippen MR) is 106 cm³/mol. The fourth-order valence-corrected chi connectivity index (χ4v) is 5.12. The van der Waals surface area contributed by atoms with E-state index in [-0.39, 0.29) is 10.5 Å². The molecule has 5 nitrogen and oxygen atoms in total. The molecule has 0 aromatic heterocycles. The lowest BCUT2D eigenvalue weighted by atomic mass is 10.0. The van der Waals surface area contributed by atoms with Crippen molar-refractivity contribution in [3.63, 3.8) is 0 Å². The van der Waals surface area contributed by atoms with Crippen LogP contribution in [-0.4, -0.2) is 31.7 Å². The molecule has 144 valence electrons. The van der Waals surface area contributed by atoms with Crippen molar-refractivity contribution >= 4 is 37.5 Å². The summed E-state index contributed by atoms with van der Waals surface area (Å²) in [5.74, 6) is -0.654. The topological polar surface area (TPSA) is 66.5 Å². The van der Waals surface area contributed by atoms with E-state index < -0.39 is 21.7 Å². The summed E-state index contributed by atoms with van der Waals surface area (Å²) < 4.78 is 40.9. The molecule has 27 heavy (non-hydrogen) atoms. The number of hydrogen-bond acceptors (Lipinski definition) is 3. The van der Waals surface area contributed by atoms with Gasteiger partial charge in [0.05, 0.1) is 10.5 Å². The third-order valence-corrected chi connectivity index (χ3v) is 7.11. The van der Waals surface area contributed by atoms with Crippen LogP contribution in [0, 0.1) is 11.7 Å². The van der Waals surface area contributed by atoms with Crippen LogP contribution in [0.2, 0.25) is 0 Å². The number of amides is 1. The second-order valence-electron chi connectivity index (χ2n) is 6.71. The number of rotatable bonds is 4. The zero-order valence-electron chi connectivity index (χ0n) is 14.8. The first kappa shape index (κ1) is 20.0. The molecule has 1 aliphatic heterocycles. The highest BCUT2D eigenvalue weighted by atomic mass is 79.9. The lowest BCUT2D eigenvalue weighted by Crippen LogP contribution is -2.39. The number of nitrogens with zero attached hydrogens (tertiary/aromatic N) is 1. The van der Waals surface area contributed by atoms with Gasteiger partial charge in [-0.2, -0.15) is 4.31 Å². The summed E-state index contributed by atoms with van der Waals surface area (Å²) in [5, 5.41) is 2.65. The Hall–Kier alpha value is -1.77. The molecule has 0 spiro atoms. The quantitative estimate of drug-likeness (QED) is 0.750. The minimum atomic E-state index is -3.54. The monoisotopic (exact) mass is 454 g/mol. The van der Waals surface area contributed by atoms with Crippen LogP contribution in [0.15, 0.2) is 51.8 Å². The van der Waals surface area contributed by atoms with Crippen molar-refractivity contribution in [2.75, 3.05) is 18.4 Å². The van der Waals surface area contributed by atoms with Gasteiger partial charge in [-0.05, 0) is 77.2 Å². The molecule has 8 heteroatoms. The number of sulfonamides is 1. The highest BCUT2D eigenvalue weighted by Crippen LogP contribution is 2.25. The average molecular weight is 455 g/mol. The van der Waals surface area contributed by atoms with Gasteiger partial charge in [0.2, 0.25) is 10.0 Å². The number of benzene rings is 2. The SMILES string of the molecule is CC1CCCN(S(=O)(=O)c2ccc(NC(=O)c3cc(F)ccc3Br)cc2)C1. The average Bonchev–Trinajstić information content (AvgIpc) is 2.64. The first-order valence-corrected chi connectivity index (χ1v) is 10.9. The minimum Gasteiger partial charge on any atom is -0.322 e. The fraction of sp³-hybridized carbons (Fsp3) is 0.316. The predicted octanol–water partition coefficient (Wildman–Crippen LogP) is 4.26. The molecule has 1 saturated heterocycles. The standard InChI is InChI=1S/C19H20BrFN2O3S/c1-13-3-2-10-23(12-13)27(25,26)16-7-5-15(6-8-16)22-19(24)17-11-14(21)4-9-18(17)20/h4-9,11,13H,2-3,10,12H2,1H3,(H,22,24). The number of carbonyl (C=O) groups is 1. The second kappa shape index (κ2) is 8.08. The smallest absolute Gasteiger partial charge is 0.256 e. The van der Waals surface area contributed by atoms with Crippen LogP contribution < -0.4 is 5.32 Å². The number of hydrogen-bond donors (Lipinski definition) is 1. The molecule has 1 amide bonds. The molecule has 2 aromatic rings. The zero-order chi connectivity index (χ0) is 19.6. The van der Waals surface area contributed by atoms with Crippen molar-refractivity contribution in [2.24, 2.45) is 5.92 Å². The number of carbonyl (C=O) groups excluding carboxylic acids is 1. The van der Waals surface area contributed by atoms with Crippen LogP contribution in [0.4, 0.5) is 10.1 Å². The third kappa shape index (κ3) is 4.56. The van der Waals surface area contributed by atoms with Crippen LogP contribution in [-0.2, 0) is 10.0 Å². The molecule has 1 N–H and O–H groups in total. The summed E-state index contributed by atoms with van der Waals surface area (Å²) in [7, 11) is -3.54. The Morgan fingerprint density at radius 1 is 1.22 bits per heavy atom. The van der Waals surface area contributed by atoms with Gasteiger partial charge in [0.25, 0.3) is 5.91 Å². The van der Waals surface area contributed by atoms with E-state index in [0.717, 1.165) is 18.9 Å². The van der Waals surface area contributed by atoms with Crippen LogP contribution in [0.5, 0.6) is 0 Å². The minimum absolute atomic E-state index is 0.161. The molecular formula is C19H20BrFN2O3S. The maximum absolute atomic E-state index is 13.4. The number of nitrogens with one attached hydrogen (secondary N) is 1. The van der Waals surface area contributed by atoms with Crippen molar-refractivity contribution in [1.29, 1.82) is 0 Å². The summed E-state index contributed by atoms with van der Waals surface area (Å²) in [5.41, 5.74) is 0.594. The Balaban J connectivity index is 1.75. The Morgan fingerprint density at radius 2 is 1.93 bits per heavy atom. The van der Waals surface area contributed by atoms with Gasteiger partial charge in [0.1, 0.15) is 5.82 Å². The fourth-order valence-electron chi connectivity index (χ4n) is 3.09. The summed E-state index contributed by atoms with van der Waals surface area (Å²) in [6.07, 6.45) is 1.89. The Bertz CT molecular complexity index is 948. The molecule has 0 aliphatic carbocycles. The van der Waals surface area contributed by atoms with Crippen LogP contribution in [0.25, 0.3) is 0 Å². The zero-order valence-corrected chi connectivity index (χ0v) is 17.2. The van der Waals surface area contributed by atoms with Gasteiger partial charge in [0, 0.05) is 23.2 Å². The third-order valence-electron chi connectivity index (χ3n) is 4.54. The van der Waals surface area contributed by atoms with Crippen LogP contribution in [0.1, 0.15) is 30.1 Å². The highest BCUT2D eigenvalue weighted by Gasteiger charge is 2.28. The van der Waals surface area contributed by atoms with E-state index in [4.69, 9.17) is 0 Å². The van der Waals surface area contributed by atoms with Crippen molar-refractivity contribution < 1.29 is 17.6 Å². The Kier molecular flexibility index (Phi) is 5.98. The first-order chi connectivity index (χ1) is 12.8. The van der Waals surface area contributed by atoms with E-state index >= 15 is 0 Å². The second-order valence-corrected chi connectivity index (χ2v) is 9.51. The molecule has 1 atom stereocenters. The number of halogens is 2. The van der Waals surface area contributed by atoms with Gasteiger partial charge >= 0.3 is 0 Å². The molecule has 1 aliphatic rings. The van der Waals surface area contributed by atoms with Crippen molar-refractivity contribution in [1.82, 2.24) is 4.31 Å². The Labute approximate surface area is 166 Å². The van der Waals surface area contributed by atoms with Crippen LogP contribution >= 0.6 is 15.9 Å².